The predicted molar refractivity (Wildman–Crippen MR) is 90.9 cm³/mol. The molecule has 7 unspecified atom stereocenters. The van der Waals surface area contributed by atoms with E-state index in [1.807, 2.05) is 0 Å². The van der Waals surface area contributed by atoms with Crippen molar-refractivity contribution < 1.29 is 20.4 Å². The van der Waals surface area contributed by atoms with Crippen LogP contribution < -0.4 is 0 Å². The van der Waals surface area contributed by atoms with Crippen molar-refractivity contribution in [1.82, 2.24) is 0 Å². The highest BCUT2D eigenvalue weighted by Gasteiger charge is 2.53. The minimum atomic E-state index is -0.225. The summed E-state index contributed by atoms with van der Waals surface area (Å²) in [5.74, 6) is 1.53. The first-order valence-electron chi connectivity index (χ1n) is 9.32. The Bertz CT molecular complexity index is 388. The van der Waals surface area contributed by atoms with E-state index in [9.17, 15) is 15.3 Å². The van der Waals surface area contributed by atoms with Gasteiger partial charge in [0.05, 0.1) is 12.2 Å². The van der Waals surface area contributed by atoms with Crippen LogP contribution in [0.4, 0.5) is 0 Å². The third kappa shape index (κ3) is 3.33. The maximum atomic E-state index is 10.3. The fourth-order valence-electron chi connectivity index (χ4n) is 5.81. The highest BCUT2D eigenvalue weighted by molar-refractivity contribution is 5.03. The molecule has 7 atom stereocenters. The molecule has 0 aromatic heterocycles. The van der Waals surface area contributed by atoms with Crippen molar-refractivity contribution in [2.45, 2.75) is 77.4 Å². The largest absolute Gasteiger partial charge is 0.400 e. The SMILES string of the molecule is CC12CCC(C3(C)CCC(O)CC3CO)CC1CCC2O.CO. The molecule has 0 spiro atoms. The quantitative estimate of drug-likeness (QED) is 0.627. The number of aliphatic hydroxyl groups is 4. The van der Waals surface area contributed by atoms with Gasteiger partial charge in [-0.15, -0.1) is 0 Å². The van der Waals surface area contributed by atoms with E-state index >= 15 is 0 Å². The molecule has 0 saturated heterocycles. The molecule has 0 aromatic rings. The smallest absolute Gasteiger partial charge is 0.0596 e. The minimum absolute atomic E-state index is 0.113. The fourth-order valence-corrected chi connectivity index (χ4v) is 5.81. The highest BCUT2D eigenvalue weighted by atomic mass is 16.3. The molecule has 23 heavy (non-hydrogen) atoms. The van der Waals surface area contributed by atoms with Crippen molar-refractivity contribution >= 4 is 0 Å². The summed E-state index contributed by atoms with van der Waals surface area (Å²) >= 11 is 0. The maximum absolute atomic E-state index is 10.3. The van der Waals surface area contributed by atoms with Crippen LogP contribution in [-0.4, -0.2) is 46.4 Å². The molecule has 4 N–H and O–H groups in total. The topological polar surface area (TPSA) is 80.9 Å². The monoisotopic (exact) mass is 328 g/mol. The minimum Gasteiger partial charge on any atom is -0.400 e. The van der Waals surface area contributed by atoms with Crippen molar-refractivity contribution in [2.24, 2.45) is 28.6 Å². The molecular formula is C19H36O4. The Morgan fingerprint density at radius 1 is 0.826 bits per heavy atom. The van der Waals surface area contributed by atoms with Crippen molar-refractivity contribution in [1.29, 1.82) is 0 Å². The molecule has 3 aliphatic carbocycles. The van der Waals surface area contributed by atoms with Crippen LogP contribution in [0.5, 0.6) is 0 Å². The van der Waals surface area contributed by atoms with E-state index in [4.69, 9.17) is 5.11 Å². The van der Waals surface area contributed by atoms with Gasteiger partial charge >= 0.3 is 0 Å². The Morgan fingerprint density at radius 2 is 1.43 bits per heavy atom. The van der Waals surface area contributed by atoms with Gasteiger partial charge in [0.25, 0.3) is 0 Å². The van der Waals surface area contributed by atoms with Gasteiger partial charge in [-0.25, -0.2) is 0 Å². The summed E-state index contributed by atoms with van der Waals surface area (Å²) in [5, 5.41) is 37.0. The summed E-state index contributed by atoms with van der Waals surface area (Å²) in [4.78, 5) is 0. The zero-order chi connectivity index (χ0) is 17.3. The molecule has 0 heterocycles. The lowest BCUT2D eigenvalue weighted by Gasteiger charge is -2.53. The molecule has 3 rings (SSSR count). The van der Waals surface area contributed by atoms with Crippen LogP contribution in [0.25, 0.3) is 0 Å². The van der Waals surface area contributed by atoms with E-state index in [1.54, 1.807) is 0 Å². The third-order valence-corrected chi connectivity index (χ3v) is 7.74. The van der Waals surface area contributed by atoms with Crippen molar-refractivity contribution in [3.63, 3.8) is 0 Å². The van der Waals surface area contributed by atoms with Gasteiger partial charge < -0.3 is 20.4 Å². The van der Waals surface area contributed by atoms with Gasteiger partial charge in [-0.2, -0.15) is 0 Å². The highest BCUT2D eigenvalue weighted by Crippen LogP contribution is 2.59. The van der Waals surface area contributed by atoms with Crippen molar-refractivity contribution in [3.8, 4) is 0 Å². The Balaban J connectivity index is 0.000000924. The van der Waals surface area contributed by atoms with Crippen LogP contribution in [0, 0.1) is 28.6 Å². The summed E-state index contributed by atoms with van der Waals surface area (Å²) in [6.45, 7) is 4.83. The second-order valence-electron chi connectivity index (χ2n) is 8.58. The summed E-state index contributed by atoms with van der Waals surface area (Å²) in [5.41, 5.74) is 0.304. The number of hydrogen-bond donors (Lipinski definition) is 4. The van der Waals surface area contributed by atoms with E-state index in [0.717, 1.165) is 45.6 Å². The van der Waals surface area contributed by atoms with E-state index < -0.39 is 0 Å². The van der Waals surface area contributed by atoms with E-state index in [1.165, 1.54) is 12.8 Å². The summed E-state index contributed by atoms with van der Waals surface area (Å²) < 4.78 is 0. The molecule has 4 nitrogen and oxygen atoms in total. The van der Waals surface area contributed by atoms with Crippen molar-refractivity contribution in [2.75, 3.05) is 13.7 Å². The average Bonchev–Trinajstić information content (AvgIpc) is 2.86. The predicted octanol–water partition coefficient (Wildman–Crippen LogP) is 2.33. The molecule has 136 valence electrons. The Kier molecular flexibility index (Phi) is 6.15. The Labute approximate surface area is 140 Å². The van der Waals surface area contributed by atoms with Gasteiger partial charge in [0.2, 0.25) is 0 Å². The number of fused-ring (bicyclic) bond motifs is 1. The first-order chi connectivity index (χ1) is 10.9. The molecule has 3 fully saturated rings. The van der Waals surface area contributed by atoms with Crippen molar-refractivity contribution in [3.05, 3.63) is 0 Å². The molecular weight excluding hydrogens is 292 g/mol. The van der Waals surface area contributed by atoms with E-state index in [0.29, 0.717) is 11.8 Å². The second kappa shape index (κ2) is 7.38. The van der Waals surface area contributed by atoms with E-state index in [-0.39, 0.29) is 35.6 Å². The van der Waals surface area contributed by atoms with Crippen LogP contribution in [-0.2, 0) is 0 Å². The zero-order valence-corrected chi connectivity index (χ0v) is 15.0. The van der Waals surface area contributed by atoms with Gasteiger partial charge in [-0.1, -0.05) is 13.8 Å². The third-order valence-electron chi connectivity index (χ3n) is 7.74. The van der Waals surface area contributed by atoms with Crippen LogP contribution >= 0.6 is 0 Å². The van der Waals surface area contributed by atoms with Gasteiger partial charge in [0, 0.05) is 13.7 Å². The van der Waals surface area contributed by atoms with Gasteiger partial charge in [0.1, 0.15) is 0 Å². The lowest BCUT2D eigenvalue weighted by Crippen LogP contribution is -2.47. The van der Waals surface area contributed by atoms with Crippen LogP contribution in [0.2, 0.25) is 0 Å². The molecule has 0 aromatic carbocycles. The Morgan fingerprint density at radius 3 is 2.09 bits per heavy atom. The van der Waals surface area contributed by atoms with Crippen LogP contribution in [0.15, 0.2) is 0 Å². The van der Waals surface area contributed by atoms with Gasteiger partial charge in [0.15, 0.2) is 0 Å². The molecule has 3 saturated carbocycles. The fraction of sp³-hybridized carbons (Fsp3) is 1.00. The lowest BCUT2D eigenvalue weighted by atomic mass is 9.53. The standard InChI is InChI=1S/C18H32O3.CH4O/c1-17(8-6-15(20)10-14(17)11-19)13-5-7-18(2)12(9-13)3-4-16(18)21;1-2/h12-16,19-21H,3-11H2,1-2H3;2H,1H3. The molecule has 0 amide bonds. The molecule has 3 aliphatic rings. The average molecular weight is 328 g/mol. The molecule has 4 heteroatoms. The van der Waals surface area contributed by atoms with Gasteiger partial charge in [-0.3, -0.25) is 0 Å². The lowest BCUT2D eigenvalue weighted by molar-refractivity contribution is -0.0818. The summed E-state index contributed by atoms with van der Waals surface area (Å²) in [6, 6.07) is 0. The van der Waals surface area contributed by atoms with E-state index in [2.05, 4.69) is 13.8 Å². The van der Waals surface area contributed by atoms with Gasteiger partial charge in [-0.05, 0) is 80.0 Å². The summed E-state index contributed by atoms with van der Waals surface area (Å²) in [6.07, 6.45) is 7.97. The summed E-state index contributed by atoms with van der Waals surface area (Å²) in [7, 11) is 1.00. The normalized spacial score (nSPS) is 50.0. The Hall–Kier alpha value is -0.160. The first-order valence-corrected chi connectivity index (χ1v) is 9.32. The second-order valence-corrected chi connectivity index (χ2v) is 8.58. The number of hydrogen-bond acceptors (Lipinski definition) is 4. The maximum Gasteiger partial charge on any atom is 0.0596 e. The number of rotatable bonds is 2. The number of aliphatic hydroxyl groups excluding tert-OH is 4. The van der Waals surface area contributed by atoms with Crippen LogP contribution in [0.1, 0.15) is 65.2 Å². The zero-order valence-electron chi connectivity index (χ0n) is 15.0. The molecule has 0 radical (unpaired) electrons. The van der Waals surface area contributed by atoms with Crippen LogP contribution in [0.3, 0.4) is 0 Å². The first kappa shape index (κ1) is 19.2. The molecule has 0 aliphatic heterocycles. The molecule has 0 bridgehead atoms.